The first-order valence-electron chi connectivity index (χ1n) is 9.06. The lowest BCUT2D eigenvalue weighted by Crippen LogP contribution is -2.54. The third-order valence-electron chi connectivity index (χ3n) is 7.23. The first kappa shape index (κ1) is 15.2. The Balaban J connectivity index is 1.80. The number of fused-ring (bicyclic) bond motifs is 2. The predicted octanol–water partition coefficient (Wildman–Crippen LogP) is 3.54. The highest BCUT2D eigenvalue weighted by molar-refractivity contribution is 5.84. The fourth-order valence-corrected chi connectivity index (χ4v) is 6.21. The fraction of sp³-hybridized carbons (Fsp3) is 0.650. The van der Waals surface area contributed by atoms with Gasteiger partial charge in [0.05, 0.1) is 5.41 Å². The zero-order valence-corrected chi connectivity index (χ0v) is 14.0. The second kappa shape index (κ2) is 5.34. The summed E-state index contributed by atoms with van der Waals surface area (Å²) in [6.45, 7) is 2.23. The van der Waals surface area contributed by atoms with Crippen molar-refractivity contribution in [1.82, 2.24) is 4.90 Å². The van der Waals surface area contributed by atoms with Gasteiger partial charge in [-0.25, -0.2) is 0 Å². The standard InChI is InChI=1S/C20H27NO2/c1-21-11-8-16(9-12-21)19-10-7-15(13-19)14-20(19,18(22)23)17-5-3-2-4-6-17/h2-6,15-16H,7-14H2,1H3,(H,22,23). The molecule has 3 atom stereocenters. The molecule has 0 radical (unpaired) electrons. The van der Waals surface area contributed by atoms with Gasteiger partial charge in [0, 0.05) is 0 Å². The molecule has 0 spiro atoms. The van der Waals surface area contributed by atoms with E-state index in [1.54, 1.807) is 0 Å². The minimum absolute atomic E-state index is 0.0217. The number of hydrogen-bond donors (Lipinski definition) is 1. The summed E-state index contributed by atoms with van der Waals surface area (Å²) in [4.78, 5) is 15.0. The van der Waals surface area contributed by atoms with Crippen LogP contribution < -0.4 is 0 Å². The Hall–Kier alpha value is -1.35. The maximum atomic E-state index is 12.6. The molecule has 23 heavy (non-hydrogen) atoms. The molecule has 2 aliphatic carbocycles. The van der Waals surface area contributed by atoms with Gasteiger partial charge in [-0.3, -0.25) is 4.79 Å². The van der Waals surface area contributed by atoms with Crippen molar-refractivity contribution in [2.75, 3.05) is 20.1 Å². The number of aliphatic carboxylic acids is 1. The van der Waals surface area contributed by atoms with Crippen LogP contribution in [0.3, 0.4) is 0 Å². The van der Waals surface area contributed by atoms with E-state index in [0.29, 0.717) is 11.8 Å². The second-order valence-corrected chi connectivity index (χ2v) is 8.12. The average Bonchev–Trinajstić information content (AvgIpc) is 3.14. The van der Waals surface area contributed by atoms with E-state index in [1.165, 1.54) is 6.42 Å². The molecular weight excluding hydrogens is 286 g/mol. The highest BCUT2D eigenvalue weighted by Gasteiger charge is 2.68. The second-order valence-electron chi connectivity index (χ2n) is 8.12. The molecule has 1 heterocycles. The van der Waals surface area contributed by atoms with Gasteiger partial charge in [-0.1, -0.05) is 30.3 Å². The summed E-state index contributed by atoms with van der Waals surface area (Å²) < 4.78 is 0. The number of hydrogen-bond acceptors (Lipinski definition) is 2. The van der Waals surface area contributed by atoms with Gasteiger partial charge in [0.15, 0.2) is 0 Å². The smallest absolute Gasteiger partial charge is 0.314 e. The van der Waals surface area contributed by atoms with Gasteiger partial charge in [-0.15, -0.1) is 0 Å². The molecule has 2 saturated carbocycles. The lowest BCUT2D eigenvalue weighted by molar-refractivity contribution is -0.152. The summed E-state index contributed by atoms with van der Waals surface area (Å²) in [5.41, 5.74) is 0.373. The predicted molar refractivity (Wildman–Crippen MR) is 90.4 cm³/mol. The van der Waals surface area contributed by atoms with Crippen molar-refractivity contribution in [3.63, 3.8) is 0 Å². The highest BCUT2D eigenvalue weighted by atomic mass is 16.4. The molecule has 1 N–H and O–H groups in total. The summed E-state index contributed by atoms with van der Waals surface area (Å²) in [6.07, 6.45) is 6.62. The lowest BCUT2D eigenvalue weighted by Gasteiger charge is -2.51. The van der Waals surface area contributed by atoms with Crippen LogP contribution in [-0.4, -0.2) is 36.1 Å². The molecule has 3 unspecified atom stereocenters. The van der Waals surface area contributed by atoms with Crippen molar-refractivity contribution in [3.05, 3.63) is 35.9 Å². The van der Waals surface area contributed by atoms with Gasteiger partial charge in [0.25, 0.3) is 0 Å². The Morgan fingerprint density at radius 1 is 1.13 bits per heavy atom. The Morgan fingerprint density at radius 3 is 2.43 bits per heavy atom. The SMILES string of the molecule is CN1CCC(C23CCC(CC2(C(=O)O)c2ccccc2)C3)CC1. The largest absolute Gasteiger partial charge is 0.481 e. The van der Waals surface area contributed by atoms with Crippen molar-refractivity contribution >= 4 is 5.97 Å². The fourth-order valence-electron chi connectivity index (χ4n) is 6.21. The Labute approximate surface area is 138 Å². The zero-order valence-electron chi connectivity index (χ0n) is 14.0. The third kappa shape index (κ3) is 2.02. The van der Waals surface area contributed by atoms with E-state index in [-0.39, 0.29) is 5.41 Å². The van der Waals surface area contributed by atoms with Gasteiger partial charge in [-0.05, 0) is 81.5 Å². The molecule has 0 aromatic heterocycles. The Kier molecular flexibility index (Phi) is 3.53. The van der Waals surface area contributed by atoms with Gasteiger partial charge in [-0.2, -0.15) is 0 Å². The summed E-state index contributed by atoms with van der Waals surface area (Å²) in [6, 6.07) is 10.1. The van der Waals surface area contributed by atoms with Gasteiger partial charge < -0.3 is 10.0 Å². The van der Waals surface area contributed by atoms with Crippen LogP contribution in [-0.2, 0) is 10.2 Å². The van der Waals surface area contributed by atoms with Crippen LogP contribution in [0, 0.1) is 17.3 Å². The van der Waals surface area contributed by atoms with Gasteiger partial charge >= 0.3 is 5.97 Å². The van der Waals surface area contributed by atoms with E-state index in [2.05, 4.69) is 24.1 Å². The monoisotopic (exact) mass is 313 g/mol. The molecule has 124 valence electrons. The van der Waals surface area contributed by atoms with Crippen LogP contribution in [0.15, 0.2) is 30.3 Å². The molecule has 1 saturated heterocycles. The lowest BCUT2D eigenvalue weighted by atomic mass is 9.53. The number of carboxylic acids is 1. The van der Waals surface area contributed by atoms with E-state index in [9.17, 15) is 9.90 Å². The topological polar surface area (TPSA) is 40.5 Å². The van der Waals surface area contributed by atoms with E-state index in [0.717, 1.165) is 50.8 Å². The number of likely N-dealkylation sites (tertiary alicyclic amines) is 1. The third-order valence-corrected chi connectivity index (χ3v) is 7.23. The molecule has 1 aromatic carbocycles. The molecule has 4 rings (SSSR count). The van der Waals surface area contributed by atoms with Crippen molar-refractivity contribution in [3.8, 4) is 0 Å². The van der Waals surface area contributed by atoms with Crippen LogP contribution in [0.25, 0.3) is 0 Å². The summed E-state index contributed by atoms with van der Waals surface area (Å²) >= 11 is 0. The molecule has 3 nitrogen and oxygen atoms in total. The molecule has 3 heteroatoms. The highest BCUT2D eigenvalue weighted by Crippen LogP contribution is 2.69. The van der Waals surface area contributed by atoms with Crippen LogP contribution >= 0.6 is 0 Å². The van der Waals surface area contributed by atoms with E-state index < -0.39 is 11.4 Å². The van der Waals surface area contributed by atoms with Crippen molar-refractivity contribution in [1.29, 1.82) is 0 Å². The number of carboxylic acid groups (broad SMARTS) is 1. The average molecular weight is 313 g/mol. The molecule has 1 aliphatic heterocycles. The first-order chi connectivity index (χ1) is 11.1. The zero-order chi connectivity index (χ0) is 16.1. The van der Waals surface area contributed by atoms with Gasteiger partial charge in [0.1, 0.15) is 0 Å². The summed E-state index contributed by atoms with van der Waals surface area (Å²) in [5.74, 6) is 0.582. The summed E-state index contributed by atoms with van der Waals surface area (Å²) in [7, 11) is 2.18. The molecule has 1 aromatic rings. The number of carbonyl (C=O) groups is 1. The van der Waals surface area contributed by atoms with E-state index in [4.69, 9.17) is 0 Å². The minimum Gasteiger partial charge on any atom is -0.481 e. The Bertz CT molecular complexity index is 593. The first-order valence-corrected chi connectivity index (χ1v) is 9.06. The number of rotatable bonds is 3. The van der Waals surface area contributed by atoms with Crippen molar-refractivity contribution in [2.45, 2.75) is 43.9 Å². The van der Waals surface area contributed by atoms with Crippen molar-refractivity contribution < 1.29 is 9.90 Å². The molecular formula is C20H27NO2. The minimum atomic E-state index is -0.655. The molecule has 2 bridgehead atoms. The normalized spacial score (nSPS) is 38.0. The van der Waals surface area contributed by atoms with Crippen LogP contribution in [0.1, 0.15) is 44.1 Å². The van der Waals surface area contributed by atoms with Crippen LogP contribution in [0.4, 0.5) is 0 Å². The quantitative estimate of drug-likeness (QED) is 0.928. The number of nitrogens with zero attached hydrogens (tertiary/aromatic N) is 1. The Morgan fingerprint density at radius 2 is 1.83 bits per heavy atom. The summed E-state index contributed by atoms with van der Waals surface area (Å²) in [5, 5.41) is 10.4. The van der Waals surface area contributed by atoms with Gasteiger partial charge in [0.2, 0.25) is 0 Å². The molecule has 3 fully saturated rings. The molecule has 0 amide bonds. The van der Waals surface area contributed by atoms with Crippen LogP contribution in [0.2, 0.25) is 0 Å². The van der Waals surface area contributed by atoms with Crippen molar-refractivity contribution in [2.24, 2.45) is 17.3 Å². The number of benzene rings is 1. The number of piperidine rings is 1. The van der Waals surface area contributed by atoms with E-state index in [1.807, 2.05) is 18.2 Å². The molecule has 3 aliphatic rings. The van der Waals surface area contributed by atoms with E-state index >= 15 is 0 Å². The van der Waals surface area contributed by atoms with Crippen LogP contribution in [0.5, 0.6) is 0 Å². The maximum Gasteiger partial charge on any atom is 0.314 e. The maximum absolute atomic E-state index is 12.6.